The Kier molecular flexibility index (Phi) is 9.32. The van der Waals surface area contributed by atoms with E-state index < -0.39 is 0 Å². The Morgan fingerprint density at radius 1 is 1.00 bits per heavy atom. The molecule has 0 spiro atoms. The summed E-state index contributed by atoms with van der Waals surface area (Å²) in [6.45, 7) is 16.7. The van der Waals surface area contributed by atoms with Crippen molar-refractivity contribution in [1.82, 2.24) is 0 Å². The first-order valence-electron chi connectivity index (χ1n) is 14.2. The first-order valence-corrected chi connectivity index (χ1v) is 14.8. The zero-order chi connectivity index (χ0) is 23.5. The van der Waals surface area contributed by atoms with Crippen molar-refractivity contribution in [3.05, 3.63) is 11.6 Å². The highest BCUT2D eigenvalue weighted by atomic mass is 32.1. The van der Waals surface area contributed by atoms with Crippen LogP contribution in [0.3, 0.4) is 0 Å². The third kappa shape index (κ3) is 5.02. The van der Waals surface area contributed by atoms with Gasteiger partial charge in [-0.3, -0.25) is 0 Å². The Hall–Kier alpha value is 0.0500. The second-order valence-corrected chi connectivity index (χ2v) is 12.7. The molecule has 0 N–H and O–H groups in total. The standard InChI is InChI=1S/C28H48OS.C2H6/c1-19(2)7-6-8-20(3)24-11-12-25-23-10-9-21-17-22(29-18-30)13-15-27(21,4)26(23)14-16-28(24,25)5;1-2/h9,19-20,22-26,30H,6-8,10-18H2,1-5H3;1-2H3. The summed E-state index contributed by atoms with van der Waals surface area (Å²) >= 11 is 4.31. The van der Waals surface area contributed by atoms with Crippen LogP contribution < -0.4 is 0 Å². The van der Waals surface area contributed by atoms with Gasteiger partial charge in [0.05, 0.1) is 12.0 Å². The quantitative estimate of drug-likeness (QED) is 0.225. The van der Waals surface area contributed by atoms with E-state index in [9.17, 15) is 0 Å². The molecule has 3 fully saturated rings. The molecule has 8 unspecified atom stereocenters. The van der Waals surface area contributed by atoms with E-state index in [4.69, 9.17) is 4.74 Å². The van der Waals surface area contributed by atoms with Crippen molar-refractivity contribution >= 4 is 12.6 Å². The number of allylic oxidation sites excluding steroid dienone is 1. The van der Waals surface area contributed by atoms with E-state index in [1.807, 2.05) is 13.8 Å². The fourth-order valence-corrected chi connectivity index (χ4v) is 9.11. The number of rotatable bonds is 7. The molecular weight excluding hydrogens is 408 g/mol. The maximum Gasteiger partial charge on any atom is 0.0896 e. The van der Waals surface area contributed by atoms with Gasteiger partial charge in [-0.05, 0) is 97.7 Å². The molecule has 0 radical (unpaired) electrons. The summed E-state index contributed by atoms with van der Waals surface area (Å²) in [7, 11) is 0. The van der Waals surface area contributed by atoms with E-state index in [-0.39, 0.29) is 0 Å². The number of thiol groups is 1. The summed E-state index contributed by atoms with van der Waals surface area (Å²) < 4.78 is 5.91. The van der Waals surface area contributed by atoms with Crippen LogP contribution in [0.5, 0.6) is 0 Å². The van der Waals surface area contributed by atoms with Gasteiger partial charge in [0.1, 0.15) is 0 Å². The Balaban J connectivity index is 0.00000141. The number of hydrogen-bond acceptors (Lipinski definition) is 2. The van der Waals surface area contributed by atoms with Crippen molar-refractivity contribution < 1.29 is 4.74 Å². The minimum atomic E-state index is 0.412. The van der Waals surface area contributed by atoms with Gasteiger partial charge in [0.15, 0.2) is 0 Å². The normalized spacial score (nSPS) is 41.7. The maximum atomic E-state index is 5.91. The number of hydrogen-bond donors (Lipinski definition) is 1. The van der Waals surface area contributed by atoms with E-state index in [0.717, 1.165) is 41.9 Å². The zero-order valence-electron chi connectivity index (χ0n) is 22.5. The highest BCUT2D eigenvalue weighted by Crippen LogP contribution is 2.67. The third-order valence-electron chi connectivity index (χ3n) is 10.6. The monoisotopic (exact) mass is 462 g/mol. The summed E-state index contributed by atoms with van der Waals surface area (Å²) in [6.07, 6.45) is 18.4. The second-order valence-electron chi connectivity index (χ2n) is 12.5. The molecule has 2 heteroatoms. The van der Waals surface area contributed by atoms with Gasteiger partial charge in [0.25, 0.3) is 0 Å². The van der Waals surface area contributed by atoms with Gasteiger partial charge in [-0.25, -0.2) is 0 Å². The van der Waals surface area contributed by atoms with Crippen molar-refractivity contribution in [2.75, 3.05) is 5.94 Å². The van der Waals surface area contributed by atoms with Crippen LogP contribution >= 0.6 is 12.6 Å². The number of fused-ring (bicyclic) bond motifs is 5. The molecular formula is C30H54OS. The van der Waals surface area contributed by atoms with Crippen molar-refractivity contribution in [3.8, 4) is 0 Å². The molecule has 4 aliphatic rings. The predicted molar refractivity (Wildman–Crippen MR) is 143 cm³/mol. The molecule has 0 saturated heterocycles. The molecule has 0 heterocycles. The lowest BCUT2D eigenvalue weighted by Crippen LogP contribution is -2.51. The Labute approximate surface area is 206 Å². The van der Waals surface area contributed by atoms with Gasteiger partial charge in [-0.2, -0.15) is 12.6 Å². The van der Waals surface area contributed by atoms with Gasteiger partial charge in [-0.15, -0.1) is 0 Å². The summed E-state index contributed by atoms with van der Waals surface area (Å²) in [6, 6.07) is 0. The molecule has 0 amide bonds. The van der Waals surface area contributed by atoms with E-state index in [0.29, 0.717) is 22.9 Å². The van der Waals surface area contributed by atoms with Crippen LogP contribution in [0.4, 0.5) is 0 Å². The van der Waals surface area contributed by atoms with Gasteiger partial charge < -0.3 is 4.74 Å². The molecule has 8 atom stereocenters. The van der Waals surface area contributed by atoms with E-state index in [2.05, 4.69) is 53.3 Å². The minimum absolute atomic E-state index is 0.412. The Morgan fingerprint density at radius 2 is 1.75 bits per heavy atom. The Bertz CT molecular complexity index is 626. The molecule has 0 aromatic heterocycles. The molecule has 0 aromatic rings. The maximum absolute atomic E-state index is 5.91. The van der Waals surface area contributed by atoms with E-state index in [1.165, 1.54) is 64.2 Å². The van der Waals surface area contributed by atoms with Gasteiger partial charge >= 0.3 is 0 Å². The lowest BCUT2D eigenvalue weighted by molar-refractivity contribution is -0.0609. The molecule has 32 heavy (non-hydrogen) atoms. The summed E-state index contributed by atoms with van der Waals surface area (Å²) in [5.74, 6) is 6.13. The SMILES string of the molecule is CC.CC(C)CCCC(C)C1CCC2C3CC=C4CC(OCS)CCC4(C)C3CCC12C. The van der Waals surface area contributed by atoms with Crippen LogP contribution in [-0.2, 0) is 4.74 Å². The highest BCUT2D eigenvalue weighted by molar-refractivity contribution is 7.80. The highest BCUT2D eigenvalue weighted by Gasteiger charge is 2.59. The third-order valence-corrected chi connectivity index (χ3v) is 10.7. The molecule has 186 valence electrons. The second kappa shape index (κ2) is 11.2. The largest absolute Gasteiger partial charge is 0.368 e. The molecule has 1 nitrogen and oxygen atoms in total. The van der Waals surface area contributed by atoms with E-state index in [1.54, 1.807) is 5.57 Å². The summed E-state index contributed by atoms with van der Waals surface area (Å²) in [4.78, 5) is 0. The zero-order valence-corrected chi connectivity index (χ0v) is 23.4. The van der Waals surface area contributed by atoms with Crippen molar-refractivity contribution in [2.24, 2.45) is 46.3 Å². The van der Waals surface area contributed by atoms with Gasteiger partial charge in [0, 0.05) is 0 Å². The minimum Gasteiger partial charge on any atom is -0.368 e. The topological polar surface area (TPSA) is 9.23 Å². The predicted octanol–water partition coefficient (Wildman–Crippen LogP) is 9.33. The lowest BCUT2D eigenvalue weighted by atomic mass is 9.47. The fourth-order valence-electron chi connectivity index (χ4n) is 8.90. The Morgan fingerprint density at radius 3 is 2.44 bits per heavy atom. The van der Waals surface area contributed by atoms with Crippen LogP contribution in [-0.4, -0.2) is 12.0 Å². The van der Waals surface area contributed by atoms with Crippen LogP contribution in [0.2, 0.25) is 0 Å². The smallest absolute Gasteiger partial charge is 0.0896 e. The molecule has 0 aliphatic heterocycles. The van der Waals surface area contributed by atoms with Crippen molar-refractivity contribution in [1.29, 1.82) is 0 Å². The lowest BCUT2D eigenvalue weighted by Gasteiger charge is -2.58. The van der Waals surface area contributed by atoms with Crippen molar-refractivity contribution in [3.63, 3.8) is 0 Å². The molecule has 4 aliphatic carbocycles. The molecule has 4 rings (SSSR count). The first-order chi connectivity index (χ1) is 15.3. The molecule has 0 bridgehead atoms. The van der Waals surface area contributed by atoms with Crippen LogP contribution in [0.15, 0.2) is 11.6 Å². The van der Waals surface area contributed by atoms with Crippen molar-refractivity contribution in [2.45, 2.75) is 125 Å². The average Bonchev–Trinajstić information content (AvgIpc) is 3.12. The van der Waals surface area contributed by atoms with Gasteiger partial charge in [-0.1, -0.05) is 79.4 Å². The van der Waals surface area contributed by atoms with Crippen LogP contribution in [0.1, 0.15) is 119 Å². The average molecular weight is 463 g/mol. The molecule has 3 saturated carbocycles. The van der Waals surface area contributed by atoms with Crippen LogP contribution in [0, 0.1) is 46.3 Å². The van der Waals surface area contributed by atoms with Crippen LogP contribution in [0.25, 0.3) is 0 Å². The number of ether oxygens (including phenoxy) is 1. The van der Waals surface area contributed by atoms with E-state index >= 15 is 0 Å². The summed E-state index contributed by atoms with van der Waals surface area (Å²) in [5, 5.41) is 0. The first kappa shape index (κ1) is 26.7. The van der Waals surface area contributed by atoms with Gasteiger partial charge in [0.2, 0.25) is 0 Å². The fraction of sp³-hybridized carbons (Fsp3) is 0.933. The molecule has 0 aromatic carbocycles. The summed E-state index contributed by atoms with van der Waals surface area (Å²) in [5.41, 5.74) is 2.79.